The molecule has 2 N–H and O–H groups in total. The molecule has 20 heavy (non-hydrogen) atoms. The summed E-state index contributed by atoms with van der Waals surface area (Å²) < 4.78 is 14.0. The van der Waals surface area contributed by atoms with E-state index in [2.05, 4.69) is 31.7 Å². The first-order chi connectivity index (χ1) is 9.30. The average Bonchev–Trinajstić information content (AvgIpc) is 2.37. The smallest absolute Gasteiger partial charge is 0.130 e. The van der Waals surface area contributed by atoms with Crippen LogP contribution in [-0.2, 0) is 0 Å². The lowest BCUT2D eigenvalue weighted by atomic mass is 9.83. The average molecular weight is 276 g/mol. The molecule has 0 radical (unpaired) electrons. The fraction of sp³-hybridized carbons (Fsp3) is 0.529. The molecule has 110 valence electrons. The van der Waals surface area contributed by atoms with E-state index in [0.717, 1.165) is 25.2 Å². The van der Waals surface area contributed by atoms with Gasteiger partial charge in [0.1, 0.15) is 5.82 Å². The van der Waals surface area contributed by atoms with E-state index in [1.807, 2.05) is 13.0 Å². The van der Waals surface area contributed by atoms with E-state index in [-0.39, 0.29) is 17.3 Å². The third-order valence-electron chi connectivity index (χ3n) is 4.00. The number of benzene rings is 1. The van der Waals surface area contributed by atoms with Crippen LogP contribution < -0.4 is 10.6 Å². The maximum Gasteiger partial charge on any atom is 0.130 e. The van der Waals surface area contributed by atoms with Gasteiger partial charge in [0.2, 0.25) is 0 Å². The van der Waals surface area contributed by atoms with Crippen LogP contribution in [0.2, 0.25) is 0 Å². The van der Waals surface area contributed by atoms with Crippen molar-refractivity contribution in [3.8, 4) is 0 Å². The molecule has 1 heterocycles. The Morgan fingerprint density at radius 3 is 2.50 bits per heavy atom. The summed E-state index contributed by atoms with van der Waals surface area (Å²) in [4.78, 5) is 2.22. The van der Waals surface area contributed by atoms with E-state index in [0.29, 0.717) is 5.56 Å². The molecule has 3 heteroatoms. The fourth-order valence-corrected chi connectivity index (χ4v) is 2.82. The third-order valence-corrected chi connectivity index (χ3v) is 4.00. The monoisotopic (exact) mass is 276 g/mol. The van der Waals surface area contributed by atoms with Gasteiger partial charge in [-0.15, -0.1) is 0 Å². The predicted octanol–water partition coefficient (Wildman–Crippen LogP) is 4.03. The summed E-state index contributed by atoms with van der Waals surface area (Å²) in [5.74, 6) is -0.205. The molecule has 1 aromatic rings. The van der Waals surface area contributed by atoms with Crippen LogP contribution in [0.1, 0.15) is 45.7 Å². The van der Waals surface area contributed by atoms with Crippen molar-refractivity contribution in [3.05, 3.63) is 41.2 Å². The molecule has 0 saturated heterocycles. The Bertz CT molecular complexity index is 512. The summed E-state index contributed by atoms with van der Waals surface area (Å²) in [5, 5.41) is 0. The van der Waals surface area contributed by atoms with Gasteiger partial charge in [0.25, 0.3) is 0 Å². The van der Waals surface area contributed by atoms with Crippen molar-refractivity contribution in [2.24, 2.45) is 11.1 Å². The van der Waals surface area contributed by atoms with Gasteiger partial charge < -0.3 is 10.6 Å². The number of hydrogen-bond donors (Lipinski definition) is 1. The second-order valence-electron chi connectivity index (χ2n) is 6.64. The minimum absolute atomic E-state index is 0.205. The van der Waals surface area contributed by atoms with Crippen molar-refractivity contribution < 1.29 is 4.39 Å². The largest absolute Gasteiger partial charge is 0.367 e. The zero-order valence-corrected chi connectivity index (χ0v) is 12.9. The first kappa shape index (κ1) is 15.0. The van der Waals surface area contributed by atoms with Gasteiger partial charge in [-0.05, 0) is 30.9 Å². The zero-order valence-electron chi connectivity index (χ0n) is 12.9. The number of nitrogens with zero attached hydrogens (tertiary/aromatic N) is 1. The summed E-state index contributed by atoms with van der Waals surface area (Å²) in [6.45, 7) is 10.3. The minimum Gasteiger partial charge on any atom is -0.367 e. The quantitative estimate of drug-likeness (QED) is 0.826. The van der Waals surface area contributed by atoms with E-state index >= 15 is 0 Å². The number of hydrogen-bond acceptors (Lipinski definition) is 2. The Kier molecular flexibility index (Phi) is 4.19. The van der Waals surface area contributed by atoms with Gasteiger partial charge in [0.05, 0.1) is 0 Å². The predicted molar refractivity (Wildman–Crippen MR) is 83.4 cm³/mol. The van der Waals surface area contributed by atoms with E-state index in [1.165, 1.54) is 11.6 Å². The molecule has 2 nitrogen and oxygen atoms in total. The van der Waals surface area contributed by atoms with Crippen LogP contribution >= 0.6 is 0 Å². The van der Waals surface area contributed by atoms with E-state index in [4.69, 9.17) is 5.73 Å². The maximum atomic E-state index is 14.0. The molecule has 1 aliphatic heterocycles. The molecule has 0 bridgehead atoms. The highest BCUT2D eigenvalue weighted by Gasteiger charge is 2.23. The zero-order chi connectivity index (χ0) is 14.9. The molecule has 0 saturated carbocycles. The lowest BCUT2D eigenvalue weighted by molar-refractivity contribution is 0.472. The van der Waals surface area contributed by atoms with Crippen LogP contribution in [-0.4, -0.2) is 13.1 Å². The van der Waals surface area contributed by atoms with Crippen LogP contribution in [0.4, 0.5) is 10.1 Å². The van der Waals surface area contributed by atoms with Gasteiger partial charge in [-0.1, -0.05) is 38.5 Å². The molecular formula is C17H25FN2. The fourth-order valence-electron chi connectivity index (χ4n) is 2.82. The third kappa shape index (κ3) is 3.04. The molecule has 1 aliphatic rings. The van der Waals surface area contributed by atoms with E-state index in [9.17, 15) is 4.39 Å². The Morgan fingerprint density at radius 2 is 2.00 bits per heavy atom. The highest BCUT2D eigenvalue weighted by atomic mass is 19.1. The highest BCUT2D eigenvalue weighted by Crippen LogP contribution is 2.34. The van der Waals surface area contributed by atoms with Crippen molar-refractivity contribution in [1.29, 1.82) is 0 Å². The SMILES string of the molecule is CC(N)c1c(F)cccc1N1CC=C(C(C)(C)C)CC1. The number of anilines is 1. The summed E-state index contributed by atoms with van der Waals surface area (Å²) >= 11 is 0. The number of nitrogens with two attached hydrogens (primary N) is 1. The van der Waals surface area contributed by atoms with Gasteiger partial charge >= 0.3 is 0 Å². The lowest BCUT2D eigenvalue weighted by Crippen LogP contribution is -2.32. The molecule has 0 aliphatic carbocycles. The topological polar surface area (TPSA) is 29.3 Å². The van der Waals surface area contributed by atoms with Crippen molar-refractivity contribution in [2.45, 2.75) is 40.2 Å². The van der Waals surface area contributed by atoms with Crippen molar-refractivity contribution in [2.75, 3.05) is 18.0 Å². The maximum absolute atomic E-state index is 14.0. The van der Waals surface area contributed by atoms with Crippen LogP contribution in [0.3, 0.4) is 0 Å². The Balaban J connectivity index is 2.28. The highest BCUT2D eigenvalue weighted by molar-refractivity contribution is 5.56. The first-order valence-corrected chi connectivity index (χ1v) is 7.29. The molecule has 1 aromatic carbocycles. The molecule has 2 rings (SSSR count). The molecule has 1 atom stereocenters. The molecular weight excluding hydrogens is 251 g/mol. The first-order valence-electron chi connectivity index (χ1n) is 7.29. The Morgan fingerprint density at radius 1 is 1.30 bits per heavy atom. The summed E-state index contributed by atoms with van der Waals surface area (Å²) in [5.41, 5.74) is 9.20. The second-order valence-corrected chi connectivity index (χ2v) is 6.64. The van der Waals surface area contributed by atoms with Crippen molar-refractivity contribution in [3.63, 3.8) is 0 Å². The molecule has 0 aromatic heterocycles. The van der Waals surface area contributed by atoms with Crippen LogP contribution in [0, 0.1) is 11.2 Å². The van der Waals surface area contributed by atoms with Crippen molar-refractivity contribution in [1.82, 2.24) is 0 Å². The standard InChI is InChI=1S/C17H25FN2/c1-12(19)16-14(18)6-5-7-15(16)20-10-8-13(9-11-20)17(2,3)4/h5-8,12H,9-11,19H2,1-4H3. The summed E-state index contributed by atoms with van der Waals surface area (Å²) in [7, 11) is 0. The Labute approximate surface area is 121 Å². The van der Waals surface area contributed by atoms with Crippen LogP contribution in [0.25, 0.3) is 0 Å². The number of rotatable bonds is 2. The normalized spacial score (nSPS) is 17.9. The Hall–Kier alpha value is -1.35. The van der Waals surface area contributed by atoms with Gasteiger partial charge in [0.15, 0.2) is 0 Å². The van der Waals surface area contributed by atoms with E-state index < -0.39 is 0 Å². The van der Waals surface area contributed by atoms with Gasteiger partial charge in [0, 0.05) is 30.4 Å². The van der Waals surface area contributed by atoms with E-state index in [1.54, 1.807) is 6.07 Å². The minimum atomic E-state index is -0.292. The summed E-state index contributed by atoms with van der Waals surface area (Å²) in [6.07, 6.45) is 3.30. The lowest BCUT2D eigenvalue weighted by Gasteiger charge is -2.35. The van der Waals surface area contributed by atoms with Crippen molar-refractivity contribution >= 4 is 5.69 Å². The van der Waals surface area contributed by atoms with Crippen LogP contribution in [0.5, 0.6) is 0 Å². The molecule has 1 unspecified atom stereocenters. The summed E-state index contributed by atoms with van der Waals surface area (Å²) in [6, 6.07) is 4.93. The van der Waals surface area contributed by atoms with Crippen LogP contribution in [0.15, 0.2) is 29.8 Å². The molecule has 0 amide bonds. The molecule has 0 fully saturated rings. The van der Waals surface area contributed by atoms with Gasteiger partial charge in [-0.3, -0.25) is 0 Å². The van der Waals surface area contributed by atoms with Gasteiger partial charge in [-0.25, -0.2) is 4.39 Å². The number of halogens is 1. The second kappa shape index (κ2) is 5.57. The molecule has 0 spiro atoms. The van der Waals surface area contributed by atoms with Gasteiger partial charge in [-0.2, -0.15) is 0 Å².